The molecule has 1 N–H and O–H groups in total. The van der Waals surface area contributed by atoms with Crippen LogP contribution in [0.3, 0.4) is 0 Å². The van der Waals surface area contributed by atoms with Gasteiger partial charge >= 0.3 is 0 Å². The lowest BCUT2D eigenvalue weighted by Gasteiger charge is -2.07. The highest BCUT2D eigenvalue weighted by atomic mass is 16.1. The Hall–Kier alpha value is -2.95. The fourth-order valence-electron chi connectivity index (χ4n) is 2.27. The van der Waals surface area contributed by atoms with E-state index in [2.05, 4.69) is 15.4 Å². The van der Waals surface area contributed by atoms with Crippen molar-refractivity contribution in [1.82, 2.24) is 14.8 Å². The second-order valence-corrected chi connectivity index (χ2v) is 5.05. The Morgan fingerprint density at radius 3 is 2.45 bits per heavy atom. The summed E-state index contributed by atoms with van der Waals surface area (Å²) in [6, 6.07) is 14.8. The van der Waals surface area contributed by atoms with Gasteiger partial charge in [-0.15, -0.1) is 0 Å². The third-order valence-electron chi connectivity index (χ3n) is 3.28. The van der Waals surface area contributed by atoms with Crippen LogP contribution in [-0.4, -0.2) is 20.7 Å². The molecule has 3 aromatic rings. The van der Waals surface area contributed by atoms with Gasteiger partial charge in [-0.2, -0.15) is 5.10 Å². The van der Waals surface area contributed by atoms with E-state index >= 15 is 0 Å². The summed E-state index contributed by atoms with van der Waals surface area (Å²) in [7, 11) is 0. The van der Waals surface area contributed by atoms with Crippen molar-refractivity contribution in [2.45, 2.75) is 13.8 Å². The number of nitrogens with one attached hydrogen (secondary N) is 1. The van der Waals surface area contributed by atoms with Crippen molar-refractivity contribution in [3.8, 4) is 5.69 Å². The minimum absolute atomic E-state index is 0.223. The first-order valence-corrected chi connectivity index (χ1v) is 6.99. The van der Waals surface area contributed by atoms with Crippen molar-refractivity contribution in [3.63, 3.8) is 0 Å². The van der Waals surface area contributed by atoms with Crippen LogP contribution in [0.15, 0.2) is 54.7 Å². The average molecular weight is 292 g/mol. The number of rotatable bonds is 3. The van der Waals surface area contributed by atoms with Crippen molar-refractivity contribution >= 4 is 11.6 Å². The summed E-state index contributed by atoms with van der Waals surface area (Å²) in [5.74, 6) is -0.223. The van der Waals surface area contributed by atoms with Gasteiger partial charge in [-0.1, -0.05) is 6.07 Å². The normalized spacial score (nSPS) is 10.5. The van der Waals surface area contributed by atoms with E-state index in [0.29, 0.717) is 5.69 Å². The summed E-state index contributed by atoms with van der Waals surface area (Å²) in [4.78, 5) is 16.1. The molecule has 0 atom stereocenters. The Kier molecular flexibility index (Phi) is 3.70. The zero-order chi connectivity index (χ0) is 15.5. The molecule has 0 fully saturated rings. The van der Waals surface area contributed by atoms with E-state index in [-0.39, 0.29) is 5.91 Å². The highest BCUT2D eigenvalue weighted by molar-refractivity contribution is 6.02. The molecule has 0 aliphatic heterocycles. The monoisotopic (exact) mass is 292 g/mol. The summed E-state index contributed by atoms with van der Waals surface area (Å²) in [5.41, 5.74) is 4.13. The first-order chi connectivity index (χ1) is 10.6. The molecule has 5 nitrogen and oxygen atoms in total. The molecule has 22 heavy (non-hydrogen) atoms. The van der Waals surface area contributed by atoms with Gasteiger partial charge in [0.1, 0.15) is 5.69 Å². The van der Waals surface area contributed by atoms with Gasteiger partial charge in [0.25, 0.3) is 5.91 Å². The van der Waals surface area contributed by atoms with Crippen LogP contribution >= 0.6 is 0 Å². The molecular weight excluding hydrogens is 276 g/mol. The van der Waals surface area contributed by atoms with Gasteiger partial charge in [0, 0.05) is 17.6 Å². The molecule has 5 heteroatoms. The fourth-order valence-corrected chi connectivity index (χ4v) is 2.27. The fraction of sp³-hybridized carbons (Fsp3) is 0.118. The van der Waals surface area contributed by atoms with Gasteiger partial charge in [-0.05, 0) is 56.3 Å². The van der Waals surface area contributed by atoms with E-state index in [0.717, 1.165) is 22.8 Å². The molecule has 0 saturated heterocycles. The van der Waals surface area contributed by atoms with E-state index in [9.17, 15) is 4.79 Å². The molecule has 0 radical (unpaired) electrons. The molecule has 2 heterocycles. The van der Waals surface area contributed by atoms with Crippen LogP contribution in [0.2, 0.25) is 0 Å². The summed E-state index contributed by atoms with van der Waals surface area (Å²) in [6.07, 6.45) is 1.60. The maximum absolute atomic E-state index is 12.0. The van der Waals surface area contributed by atoms with E-state index in [1.165, 1.54) is 0 Å². The van der Waals surface area contributed by atoms with Crippen molar-refractivity contribution in [1.29, 1.82) is 0 Å². The minimum atomic E-state index is -0.223. The molecule has 1 aromatic carbocycles. The van der Waals surface area contributed by atoms with Crippen LogP contribution in [0.4, 0.5) is 5.69 Å². The molecule has 1 amide bonds. The SMILES string of the molecule is Cc1cc(C)n(-c2ccc(NC(=O)c3ccccn3)cc2)n1. The first-order valence-electron chi connectivity index (χ1n) is 6.99. The second-order valence-electron chi connectivity index (χ2n) is 5.05. The van der Waals surface area contributed by atoms with Crippen LogP contribution in [0.25, 0.3) is 5.69 Å². The zero-order valence-corrected chi connectivity index (χ0v) is 12.4. The maximum atomic E-state index is 12.0. The van der Waals surface area contributed by atoms with E-state index in [1.807, 2.05) is 48.9 Å². The van der Waals surface area contributed by atoms with Crippen LogP contribution in [0, 0.1) is 13.8 Å². The van der Waals surface area contributed by atoms with Crippen LogP contribution in [0.5, 0.6) is 0 Å². The Labute approximate surface area is 128 Å². The second kappa shape index (κ2) is 5.81. The van der Waals surface area contributed by atoms with Crippen LogP contribution in [-0.2, 0) is 0 Å². The standard InChI is InChI=1S/C17H16N4O/c1-12-11-13(2)21(20-12)15-8-6-14(7-9-15)19-17(22)16-5-3-4-10-18-16/h3-11H,1-2H3,(H,19,22). The average Bonchev–Trinajstić information content (AvgIpc) is 2.87. The molecule has 0 aliphatic rings. The molecule has 0 bridgehead atoms. The minimum Gasteiger partial charge on any atom is -0.321 e. The predicted octanol–water partition coefficient (Wildman–Crippen LogP) is 3.14. The maximum Gasteiger partial charge on any atom is 0.274 e. The molecule has 3 rings (SSSR count). The zero-order valence-electron chi connectivity index (χ0n) is 12.4. The van der Waals surface area contributed by atoms with Gasteiger partial charge in [0.2, 0.25) is 0 Å². The topological polar surface area (TPSA) is 59.8 Å². The van der Waals surface area contributed by atoms with Gasteiger partial charge in [0.15, 0.2) is 0 Å². The quantitative estimate of drug-likeness (QED) is 0.806. The lowest BCUT2D eigenvalue weighted by molar-refractivity contribution is 0.102. The van der Waals surface area contributed by atoms with Crippen molar-refractivity contribution in [2.75, 3.05) is 5.32 Å². The number of aryl methyl sites for hydroxylation is 2. The molecular formula is C17H16N4O. The number of hydrogen-bond donors (Lipinski definition) is 1. The highest BCUT2D eigenvalue weighted by Gasteiger charge is 2.07. The summed E-state index contributed by atoms with van der Waals surface area (Å²) >= 11 is 0. The Bertz CT molecular complexity index is 791. The van der Waals surface area contributed by atoms with Crippen LogP contribution < -0.4 is 5.32 Å². The molecule has 0 unspecified atom stereocenters. The molecule has 0 spiro atoms. The summed E-state index contributed by atoms with van der Waals surface area (Å²) in [5, 5.41) is 7.26. The van der Waals surface area contributed by atoms with E-state index < -0.39 is 0 Å². The van der Waals surface area contributed by atoms with Gasteiger partial charge in [0.05, 0.1) is 11.4 Å². The first kappa shape index (κ1) is 14.0. The number of nitrogens with zero attached hydrogens (tertiary/aromatic N) is 3. The summed E-state index contributed by atoms with van der Waals surface area (Å²) in [6.45, 7) is 3.97. The van der Waals surface area contributed by atoms with Crippen molar-refractivity contribution in [2.24, 2.45) is 0 Å². The molecule has 2 aromatic heterocycles. The summed E-state index contributed by atoms with van der Waals surface area (Å²) < 4.78 is 1.87. The molecule has 0 aliphatic carbocycles. The lowest BCUT2D eigenvalue weighted by Crippen LogP contribution is -2.13. The number of pyridine rings is 1. The Balaban J connectivity index is 1.77. The number of benzene rings is 1. The number of carbonyl (C=O) groups excluding carboxylic acids is 1. The number of carbonyl (C=O) groups is 1. The Morgan fingerprint density at radius 2 is 1.86 bits per heavy atom. The predicted molar refractivity (Wildman–Crippen MR) is 85.2 cm³/mol. The Morgan fingerprint density at radius 1 is 1.09 bits per heavy atom. The van der Waals surface area contributed by atoms with Gasteiger partial charge in [-0.25, -0.2) is 4.68 Å². The number of amides is 1. The van der Waals surface area contributed by atoms with Crippen molar-refractivity contribution in [3.05, 3.63) is 71.8 Å². The number of hydrogen-bond acceptors (Lipinski definition) is 3. The van der Waals surface area contributed by atoms with Gasteiger partial charge < -0.3 is 5.32 Å². The molecule has 110 valence electrons. The number of aromatic nitrogens is 3. The van der Waals surface area contributed by atoms with Crippen LogP contribution in [0.1, 0.15) is 21.9 Å². The third kappa shape index (κ3) is 2.88. The van der Waals surface area contributed by atoms with E-state index in [4.69, 9.17) is 0 Å². The van der Waals surface area contributed by atoms with Gasteiger partial charge in [-0.3, -0.25) is 9.78 Å². The van der Waals surface area contributed by atoms with E-state index in [1.54, 1.807) is 24.4 Å². The molecule has 0 saturated carbocycles. The highest BCUT2D eigenvalue weighted by Crippen LogP contribution is 2.16. The third-order valence-corrected chi connectivity index (χ3v) is 3.28. The smallest absolute Gasteiger partial charge is 0.274 e. The largest absolute Gasteiger partial charge is 0.321 e. The van der Waals surface area contributed by atoms with Crippen molar-refractivity contribution < 1.29 is 4.79 Å². The lowest BCUT2D eigenvalue weighted by atomic mass is 10.2. The number of anilines is 1.